The van der Waals surface area contributed by atoms with Crippen LogP contribution in [0, 0.1) is 11.3 Å². The maximum Gasteiger partial charge on any atom is 0.325 e. The third kappa shape index (κ3) is 11.3. The summed E-state index contributed by atoms with van der Waals surface area (Å²) >= 11 is 17.0. The Hall–Kier alpha value is -2.96. The molecule has 47 heavy (non-hydrogen) atoms. The Labute approximate surface area is 290 Å². The van der Waals surface area contributed by atoms with Crippen LogP contribution >= 0.6 is 34.8 Å². The molecule has 11 nitrogen and oxygen atoms in total. The molecule has 3 rings (SSSR count). The average Bonchev–Trinajstić information content (AvgIpc) is 3.03. The summed E-state index contributed by atoms with van der Waals surface area (Å²) in [5.74, 6) is -2.93. The summed E-state index contributed by atoms with van der Waals surface area (Å²) in [6.07, 6.45) is 4.04. The van der Waals surface area contributed by atoms with E-state index in [4.69, 9.17) is 49.0 Å². The number of alkyl halides is 3. The minimum Gasteiger partial charge on any atom is -0.460 e. The number of fused-ring (bicyclic) bond motifs is 1. The smallest absolute Gasteiger partial charge is 0.325 e. The van der Waals surface area contributed by atoms with E-state index in [0.717, 1.165) is 28.6 Å². The van der Waals surface area contributed by atoms with Crippen molar-refractivity contribution in [2.75, 3.05) is 26.9 Å². The molecule has 1 aromatic heterocycles. The molecule has 1 aliphatic heterocycles. The zero-order valence-electron chi connectivity index (χ0n) is 27.5. The van der Waals surface area contributed by atoms with Crippen molar-refractivity contribution < 1.29 is 33.4 Å². The summed E-state index contributed by atoms with van der Waals surface area (Å²) in [4.78, 5) is 57.4. The maximum atomic E-state index is 13.5. The van der Waals surface area contributed by atoms with E-state index in [9.17, 15) is 19.2 Å². The average molecular weight is 714 g/mol. The fraction of sp³-hybridized carbons (Fsp3) is 0.545. The lowest BCUT2D eigenvalue weighted by atomic mass is 9.92. The standard InChI is InChI=1S/C33H43Cl3N4O7/c1-7-23-13-12-22-11-10-21(17-25(22)37-23)14-15-32(4,5)31(44)47-27(20(2)3)28(41)38-26(18-45-6)29(42)40-16-8-9-24(39-40)30(43)46-19-33(34,35)36/h10-15,17,20,24,26-27,39H,7-9,16,18-19H2,1-6H3,(H,38,41)/b15-14+. The zero-order valence-corrected chi connectivity index (χ0v) is 29.7. The summed E-state index contributed by atoms with van der Waals surface area (Å²) < 4.78 is 14.2. The van der Waals surface area contributed by atoms with Crippen LogP contribution in [0.5, 0.6) is 0 Å². The predicted molar refractivity (Wildman–Crippen MR) is 182 cm³/mol. The van der Waals surface area contributed by atoms with E-state index < -0.39 is 63.7 Å². The van der Waals surface area contributed by atoms with Crippen LogP contribution in [0.2, 0.25) is 0 Å². The number of hydrogen-bond donors (Lipinski definition) is 2. The lowest BCUT2D eigenvalue weighted by molar-refractivity contribution is -0.165. The first-order valence-electron chi connectivity index (χ1n) is 15.4. The molecule has 1 aliphatic rings. The van der Waals surface area contributed by atoms with Gasteiger partial charge in [-0.1, -0.05) is 85.9 Å². The van der Waals surface area contributed by atoms with Gasteiger partial charge in [-0.15, -0.1) is 0 Å². The molecular formula is C33H43Cl3N4O7. The highest BCUT2D eigenvalue weighted by Crippen LogP contribution is 2.27. The van der Waals surface area contributed by atoms with Crippen molar-refractivity contribution in [3.05, 3.63) is 47.7 Å². The van der Waals surface area contributed by atoms with Gasteiger partial charge < -0.3 is 19.5 Å². The second kappa shape index (κ2) is 16.9. The van der Waals surface area contributed by atoms with Crippen LogP contribution in [0.1, 0.15) is 58.7 Å². The number of carbonyl (C=O) groups is 4. The molecule has 0 radical (unpaired) electrons. The van der Waals surface area contributed by atoms with Gasteiger partial charge in [0.2, 0.25) is 3.79 Å². The van der Waals surface area contributed by atoms with Crippen molar-refractivity contribution in [1.29, 1.82) is 0 Å². The molecule has 1 fully saturated rings. The van der Waals surface area contributed by atoms with Crippen molar-refractivity contribution in [1.82, 2.24) is 20.7 Å². The summed E-state index contributed by atoms with van der Waals surface area (Å²) in [5.41, 5.74) is 4.46. The van der Waals surface area contributed by atoms with Gasteiger partial charge in [0.25, 0.3) is 11.8 Å². The SMILES string of the molecule is CCc1ccc2ccc(/C=C/C(C)(C)C(=O)OC(C(=O)NC(COC)C(=O)N3CCCC(C(=O)OCC(Cl)(Cl)Cl)N3)C(C)C)cc2n1. The van der Waals surface area contributed by atoms with Crippen LogP contribution in [0.25, 0.3) is 17.0 Å². The lowest BCUT2D eigenvalue weighted by Crippen LogP contribution is -2.61. The second-order valence-electron chi connectivity index (χ2n) is 12.3. The number of amides is 2. The molecule has 0 saturated carbocycles. The molecular weight excluding hydrogens is 671 g/mol. The maximum absolute atomic E-state index is 13.5. The summed E-state index contributed by atoms with van der Waals surface area (Å²) in [7, 11) is 1.39. The Bertz CT molecular complexity index is 1460. The van der Waals surface area contributed by atoms with Crippen LogP contribution in [0.3, 0.4) is 0 Å². The number of aromatic nitrogens is 1. The van der Waals surface area contributed by atoms with E-state index in [1.165, 1.54) is 12.1 Å². The second-order valence-corrected chi connectivity index (χ2v) is 14.8. The van der Waals surface area contributed by atoms with Crippen molar-refractivity contribution >= 4 is 75.5 Å². The zero-order chi connectivity index (χ0) is 34.9. The van der Waals surface area contributed by atoms with Gasteiger partial charge in [-0.2, -0.15) is 0 Å². The Morgan fingerprint density at radius 1 is 1.15 bits per heavy atom. The Balaban J connectivity index is 1.67. The van der Waals surface area contributed by atoms with E-state index >= 15 is 0 Å². The molecule has 2 heterocycles. The highest BCUT2D eigenvalue weighted by molar-refractivity contribution is 6.67. The van der Waals surface area contributed by atoms with E-state index in [0.29, 0.717) is 12.8 Å². The van der Waals surface area contributed by atoms with Gasteiger partial charge in [0.05, 0.1) is 17.5 Å². The molecule has 2 aromatic rings. The lowest BCUT2D eigenvalue weighted by Gasteiger charge is -2.35. The highest BCUT2D eigenvalue weighted by Gasteiger charge is 2.38. The number of hydrazine groups is 1. The summed E-state index contributed by atoms with van der Waals surface area (Å²) in [6, 6.07) is 7.90. The molecule has 1 saturated heterocycles. The number of benzene rings is 1. The highest BCUT2D eigenvalue weighted by atomic mass is 35.6. The van der Waals surface area contributed by atoms with Gasteiger partial charge in [-0.25, -0.2) is 5.43 Å². The Kier molecular flexibility index (Phi) is 13.9. The first-order valence-corrected chi connectivity index (χ1v) is 16.6. The monoisotopic (exact) mass is 712 g/mol. The number of hydrogen-bond acceptors (Lipinski definition) is 9. The first-order chi connectivity index (χ1) is 22.0. The number of ether oxygens (including phenoxy) is 3. The van der Waals surface area contributed by atoms with Crippen molar-refractivity contribution in [3.63, 3.8) is 0 Å². The molecule has 258 valence electrons. The molecule has 0 bridgehead atoms. The minimum absolute atomic E-state index is 0.168. The summed E-state index contributed by atoms with van der Waals surface area (Å²) in [6.45, 7) is 8.56. The molecule has 0 aliphatic carbocycles. The van der Waals surface area contributed by atoms with E-state index in [1.54, 1.807) is 33.8 Å². The molecule has 1 aromatic carbocycles. The number of esters is 2. The Morgan fingerprint density at radius 2 is 1.85 bits per heavy atom. The van der Waals surface area contributed by atoms with Gasteiger partial charge in [0.1, 0.15) is 18.7 Å². The number of carbonyl (C=O) groups excluding carboxylic acids is 4. The summed E-state index contributed by atoms with van der Waals surface area (Å²) in [5, 5.41) is 4.91. The van der Waals surface area contributed by atoms with Gasteiger partial charge in [-0.3, -0.25) is 29.2 Å². The van der Waals surface area contributed by atoms with Gasteiger partial charge in [0.15, 0.2) is 6.10 Å². The minimum atomic E-state index is -1.77. The van der Waals surface area contributed by atoms with E-state index in [-0.39, 0.29) is 13.2 Å². The third-order valence-electron chi connectivity index (χ3n) is 7.52. The number of pyridine rings is 1. The van der Waals surface area contributed by atoms with Crippen LogP contribution in [-0.4, -0.2) is 82.6 Å². The Morgan fingerprint density at radius 3 is 2.49 bits per heavy atom. The third-order valence-corrected chi connectivity index (χ3v) is 7.84. The van der Waals surface area contributed by atoms with Crippen LogP contribution < -0.4 is 10.7 Å². The molecule has 14 heteroatoms. The number of aryl methyl sites for hydroxylation is 1. The predicted octanol–water partition coefficient (Wildman–Crippen LogP) is 4.94. The van der Waals surface area contributed by atoms with Crippen LogP contribution in [-0.2, 0) is 39.8 Å². The molecule has 3 atom stereocenters. The van der Waals surface area contributed by atoms with Crippen molar-refractivity contribution in [2.45, 2.75) is 75.9 Å². The van der Waals surface area contributed by atoms with Crippen molar-refractivity contribution in [3.8, 4) is 0 Å². The fourth-order valence-corrected chi connectivity index (χ4v) is 4.92. The molecule has 2 N–H and O–H groups in total. The number of nitrogens with zero attached hydrogens (tertiary/aromatic N) is 2. The van der Waals surface area contributed by atoms with E-state index in [2.05, 4.69) is 15.7 Å². The topological polar surface area (TPSA) is 136 Å². The number of nitrogens with one attached hydrogen (secondary N) is 2. The first kappa shape index (κ1) is 38.5. The number of methoxy groups -OCH3 is 1. The number of rotatable bonds is 13. The van der Waals surface area contributed by atoms with Gasteiger partial charge in [-0.05, 0) is 56.7 Å². The van der Waals surface area contributed by atoms with Crippen LogP contribution in [0.4, 0.5) is 0 Å². The normalized spacial score (nSPS) is 17.1. The molecule has 2 amide bonds. The quantitative estimate of drug-likeness (QED) is 0.219. The van der Waals surface area contributed by atoms with E-state index in [1.807, 2.05) is 43.3 Å². The van der Waals surface area contributed by atoms with Crippen molar-refractivity contribution in [2.24, 2.45) is 11.3 Å². The molecule has 3 unspecified atom stereocenters. The number of halogens is 3. The fourth-order valence-electron chi connectivity index (χ4n) is 4.76. The van der Waals surface area contributed by atoms with Crippen LogP contribution in [0.15, 0.2) is 36.4 Å². The van der Waals surface area contributed by atoms with Gasteiger partial charge >= 0.3 is 11.9 Å². The largest absolute Gasteiger partial charge is 0.460 e. The van der Waals surface area contributed by atoms with Gasteiger partial charge in [0, 0.05) is 24.7 Å². The molecule has 0 spiro atoms.